The molecule has 0 amide bonds. The predicted octanol–water partition coefficient (Wildman–Crippen LogP) is 9.63. The molecule has 7 nitrogen and oxygen atoms in total. The summed E-state index contributed by atoms with van der Waals surface area (Å²) < 4.78 is 17.9. The van der Waals surface area contributed by atoms with Crippen molar-refractivity contribution in [2.75, 3.05) is 86.3 Å². The first-order valence-electron chi connectivity index (χ1n) is 21.2. The van der Waals surface area contributed by atoms with Gasteiger partial charge >= 0.3 is 0 Å². The predicted molar refractivity (Wildman–Crippen MR) is 225 cm³/mol. The molecular weight excluding hydrogens is 681 g/mol. The lowest BCUT2D eigenvalue weighted by molar-refractivity contribution is -0.0970. The number of rotatable bonds is 0. The van der Waals surface area contributed by atoms with Crippen LogP contribution in [0.4, 0.5) is 22.7 Å². The van der Waals surface area contributed by atoms with Gasteiger partial charge in [-0.1, -0.05) is 48.5 Å². The van der Waals surface area contributed by atoms with Crippen LogP contribution in [0, 0.1) is 22.7 Å². The monoisotopic (exact) mass is 740 g/mol. The van der Waals surface area contributed by atoms with Crippen molar-refractivity contribution >= 4 is 22.7 Å². The summed E-state index contributed by atoms with van der Waals surface area (Å²) in [5, 5.41) is 8.03. The molecule has 290 valence electrons. The Morgan fingerprint density at radius 3 is 1.45 bits per heavy atom. The molecule has 2 aliphatic heterocycles. The standard InChI is InChI=1S/C48H60N4O3/c1-7-37-24-43(11-1)49-35-47-28-39-23-40(29-47)31-48(30-39,34-47)36-50-44-12-2-8-38(25-44)33-52-16-6-18-54-20-22-55-21-19-53-17-5-15-51(32-37)45-13-3-9-41(26-45)42-10-4-14-46(52)27-42/h1-4,7-14,24-27,39-40,49-50H,5-6,15-23,28-36H2. The van der Waals surface area contributed by atoms with E-state index in [9.17, 15) is 0 Å². The summed E-state index contributed by atoms with van der Waals surface area (Å²) in [5.41, 5.74) is 10.9. The highest BCUT2D eigenvalue weighted by molar-refractivity contribution is 5.72. The number of nitrogens with zero attached hydrogens (tertiary/aromatic N) is 2. The minimum Gasteiger partial charge on any atom is -0.384 e. The molecule has 4 aliphatic carbocycles. The van der Waals surface area contributed by atoms with Crippen molar-refractivity contribution in [3.8, 4) is 11.1 Å². The molecule has 4 fully saturated rings. The number of hydrogen-bond donors (Lipinski definition) is 2. The highest BCUT2D eigenvalue weighted by Crippen LogP contribution is 2.65. The number of anilines is 4. The lowest BCUT2D eigenvalue weighted by atomic mass is 9.44. The van der Waals surface area contributed by atoms with E-state index >= 15 is 0 Å². The van der Waals surface area contributed by atoms with Gasteiger partial charge < -0.3 is 34.6 Å². The SMILES string of the molecule is c1cc2cc(c1)NCC13CC4CC(C1)CC(CNc1cccc(c1)CN1CCCOCCOCCOCCCN(C2)c2cccc(c2)-c2cccc1c2)(C4)C3. The second kappa shape index (κ2) is 16.6. The van der Waals surface area contributed by atoms with Gasteiger partial charge in [0.15, 0.2) is 0 Å². The highest BCUT2D eigenvalue weighted by atomic mass is 16.5. The van der Waals surface area contributed by atoms with Gasteiger partial charge in [0.25, 0.3) is 0 Å². The van der Waals surface area contributed by atoms with Gasteiger partial charge in [-0.3, -0.25) is 0 Å². The number of nitrogens with one attached hydrogen (secondary N) is 2. The van der Waals surface area contributed by atoms with Gasteiger partial charge in [-0.05, 0) is 145 Å². The molecule has 0 radical (unpaired) electrons. The molecular formula is C48H60N4O3. The molecule has 0 saturated heterocycles. The molecule has 10 rings (SSSR count). The quantitative estimate of drug-likeness (QED) is 0.186. The maximum absolute atomic E-state index is 6.03. The third-order valence-electron chi connectivity index (χ3n) is 13.2. The summed E-state index contributed by atoms with van der Waals surface area (Å²) in [6.45, 7) is 9.47. The Bertz CT molecular complexity index is 1750. The van der Waals surface area contributed by atoms with Gasteiger partial charge in [-0.25, -0.2) is 0 Å². The highest BCUT2D eigenvalue weighted by Gasteiger charge is 2.57. The van der Waals surface area contributed by atoms with Gasteiger partial charge in [0.2, 0.25) is 0 Å². The summed E-state index contributed by atoms with van der Waals surface area (Å²) in [4.78, 5) is 5.08. The van der Waals surface area contributed by atoms with E-state index in [0.29, 0.717) is 50.5 Å². The van der Waals surface area contributed by atoms with E-state index in [1.807, 2.05) is 0 Å². The van der Waals surface area contributed by atoms with Crippen LogP contribution in [-0.4, -0.2) is 65.8 Å². The maximum atomic E-state index is 6.03. The third kappa shape index (κ3) is 8.85. The van der Waals surface area contributed by atoms with Crippen LogP contribution in [0.25, 0.3) is 11.1 Å². The average molecular weight is 741 g/mol. The van der Waals surface area contributed by atoms with E-state index in [1.165, 1.54) is 83.5 Å². The van der Waals surface area contributed by atoms with Crippen LogP contribution in [-0.2, 0) is 27.3 Å². The molecule has 4 saturated carbocycles. The fourth-order valence-electron chi connectivity index (χ4n) is 11.3. The number of benzene rings is 4. The van der Waals surface area contributed by atoms with Gasteiger partial charge in [-0.2, -0.15) is 0 Å². The second-order valence-electron chi connectivity index (χ2n) is 17.6. The largest absolute Gasteiger partial charge is 0.384 e. The Labute approximate surface area is 328 Å². The number of hydrogen-bond acceptors (Lipinski definition) is 7. The Hall–Kier alpha value is -4.04. The van der Waals surface area contributed by atoms with Gasteiger partial charge in [-0.15, -0.1) is 0 Å². The first-order valence-corrected chi connectivity index (χ1v) is 21.2. The molecule has 2 spiro atoms. The summed E-state index contributed by atoms with van der Waals surface area (Å²) in [6, 6.07) is 36.7. The molecule has 4 aromatic rings. The summed E-state index contributed by atoms with van der Waals surface area (Å²) in [5.74, 6) is 1.72. The van der Waals surface area contributed by atoms with Crippen LogP contribution in [0.15, 0.2) is 97.1 Å². The Kier molecular flexibility index (Phi) is 11.0. The minimum absolute atomic E-state index is 0.384. The second-order valence-corrected chi connectivity index (χ2v) is 17.6. The zero-order chi connectivity index (χ0) is 36.9. The first-order chi connectivity index (χ1) is 27.1. The molecule has 55 heavy (non-hydrogen) atoms. The minimum atomic E-state index is 0.384. The summed E-state index contributed by atoms with van der Waals surface area (Å²) >= 11 is 0. The molecule has 7 heteroatoms. The summed E-state index contributed by atoms with van der Waals surface area (Å²) in [7, 11) is 0. The topological polar surface area (TPSA) is 58.2 Å². The Balaban J connectivity index is 1.08. The van der Waals surface area contributed by atoms with Crippen molar-refractivity contribution in [3.63, 3.8) is 0 Å². The zero-order valence-corrected chi connectivity index (χ0v) is 32.7. The van der Waals surface area contributed by atoms with E-state index in [0.717, 1.165) is 63.9 Å². The molecule has 14 bridgehead atoms. The molecule has 2 heterocycles. The van der Waals surface area contributed by atoms with E-state index in [1.54, 1.807) is 0 Å². The van der Waals surface area contributed by atoms with Crippen molar-refractivity contribution < 1.29 is 14.2 Å². The Morgan fingerprint density at radius 1 is 0.509 bits per heavy atom. The van der Waals surface area contributed by atoms with Crippen LogP contribution < -0.4 is 20.4 Å². The van der Waals surface area contributed by atoms with Crippen molar-refractivity contribution in [2.24, 2.45) is 22.7 Å². The van der Waals surface area contributed by atoms with Crippen LogP contribution in [0.5, 0.6) is 0 Å². The van der Waals surface area contributed by atoms with E-state index in [-0.39, 0.29) is 0 Å². The van der Waals surface area contributed by atoms with Crippen LogP contribution in [0.1, 0.15) is 62.5 Å². The van der Waals surface area contributed by atoms with Gasteiger partial charge in [0.1, 0.15) is 0 Å². The summed E-state index contributed by atoms with van der Waals surface area (Å²) in [6.07, 6.45) is 10.2. The van der Waals surface area contributed by atoms with Crippen LogP contribution in [0.2, 0.25) is 0 Å². The van der Waals surface area contributed by atoms with Crippen LogP contribution in [0.3, 0.4) is 0 Å². The maximum Gasteiger partial charge on any atom is 0.0701 e. The smallest absolute Gasteiger partial charge is 0.0701 e. The molecule has 4 aromatic carbocycles. The van der Waals surface area contributed by atoms with Crippen molar-refractivity contribution in [1.82, 2.24) is 0 Å². The average Bonchev–Trinajstić information content (AvgIpc) is 3.19. The molecule has 0 aromatic heterocycles. The lowest BCUT2D eigenvalue weighted by Gasteiger charge is -2.62. The molecule has 2 N–H and O–H groups in total. The molecule has 0 unspecified atom stereocenters. The van der Waals surface area contributed by atoms with Crippen molar-refractivity contribution in [2.45, 2.75) is 64.5 Å². The number of ether oxygens (including phenoxy) is 3. The first kappa shape index (κ1) is 36.6. The van der Waals surface area contributed by atoms with Crippen LogP contribution >= 0.6 is 0 Å². The van der Waals surface area contributed by atoms with Crippen molar-refractivity contribution in [1.29, 1.82) is 0 Å². The Morgan fingerprint density at radius 2 is 0.964 bits per heavy atom. The van der Waals surface area contributed by atoms with Crippen molar-refractivity contribution in [3.05, 3.63) is 108 Å². The zero-order valence-electron chi connectivity index (χ0n) is 32.7. The third-order valence-corrected chi connectivity index (χ3v) is 13.2. The van der Waals surface area contributed by atoms with E-state index in [4.69, 9.17) is 14.2 Å². The lowest BCUT2D eigenvalue weighted by Crippen LogP contribution is -2.56. The normalized spacial score (nSPS) is 27.8. The fraction of sp³-hybridized carbons (Fsp3) is 0.500. The molecule has 0 atom stereocenters. The fourth-order valence-corrected chi connectivity index (χ4v) is 11.3. The number of fused-ring (bicyclic) bond motifs is 4. The molecule has 6 aliphatic rings. The van der Waals surface area contributed by atoms with E-state index < -0.39 is 0 Å². The van der Waals surface area contributed by atoms with Gasteiger partial charge in [0, 0.05) is 75.2 Å². The van der Waals surface area contributed by atoms with E-state index in [2.05, 4.69) is 117 Å². The van der Waals surface area contributed by atoms with Gasteiger partial charge in [0.05, 0.1) is 26.4 Å².